The second-order valence-corrected chi connectivity index (χ2v) is 13.2. The van der Waals surface area contributed by atoms with Crippen molar-refractivity contribution in [1.29, 1.82) is 0 Å². The molecule has 3 N–H and O–H groups in total. The number of thioether (sulfide) groups is 1. The van der Waals surface area contributed by atoms with Gasteiger partial charge in [-0.2, -0.15) is 0 Å². The van der Waals surface area contributed by atoms with Crippen LogP contribution in [-0.2, 0) is 4.79 Å². The number of aromatic carboxylic acids is 1. The van der Waals surface area contributed by atoms with Gasteiger partial charge in [-0.05, 0) is 61.0 Å². The number of nitrogens with one attached hydrogen (secondary N) is 2. The van der Waals surface area contributed by atoms with E-state index in [0.717, 1.165) is 27.5 Å². The third-order valence-corrected chi connectivity index (χ3v) is 10.4. The van der Waals surface area contributed by atoms with E-state index in [1.807, 2.05) is 66.9 Å². The number of halogens is 4. The summed E-state index contributed by atoms with van der Waals surface area (Å²) in [6.07, 6.45) is 0. The van der Waals surface area contributed by atoms with Crippen LogP contribution in [0.1, 0.15) is 38.5 Å². The van der Waals surface area contributed by atoms with Crippen molar-refractivity contribution in [3.05, 3.63) is 121 Å². The standard InChI is InChI=1S/C33H23Cl4N3O5S2/c1-2-45-20-12-8-17(9-13-20)22-16-46-33(39-22)40-31(42)29(18-6-4-3-5-7-18)47-21-14-10-19(11-15-21)38-30(41)23-24(32(43)44)26(35)28(37)27(36)25(23)34/h3-16,29H,2H2,1H3,(H,38,41)(H,43,44)(H,39,40,42). The molecule has 0 bridgehead atoms. The van der Waals surface area contributed by atoms with Gasteiger partial charge in [0.25, 0.3) is 5.91 Å². The first kappa shape index (κ1) is 34.6. The number of hydrogen-bond donors (Lipinski definition) is 3. The van der Waals surface area contributed by atoms with Crippen LogP contribution in [-0.4, -0.2) is 34.5 Å². The average molecular weight is 748 g/mol. The Morgan fingerprint density at radius 1 is 0.851 bits per heavy atom. The Labute approximate surface area is 298 Å². The number of benzene rings is 4. The summed E-state index contributed by atoms with van der Waals surface area (Å²) in [7, 11) is 0. The number of carbonyl (C=O) groups is 3. The van der Waals surface area contributed by atoms with E-state index in [1.54, 1.807) is 24.3 Å². The second-order valence-electron chi connectivity index (χ2n) is 9.68. The molecule has 240 valence electrons. The molecule has 0 spiro atoms. The summed E-state index contributed by atoms with van der Waals surface area (Å²) in [6, 6.07) is 23.6. The van der Waals surface area contributed by atoms with E-state index in [2.05, 4.69) is 15.6 Å². The summed E-state index contributed by atoms with van der Waals surface area (Å²) in [6.45, 7) is 2.50. The molecular weight excluding hydrogens is 724 g/mol. The number of anilines is 2. The van der Waals surface area contributed by atoms with Crippen LogP contribution in [0.4, 0.5) is 10.8 Å². The molecule has 0 aliphatic heterocycles. The summed E-state index contributed by atoms with van der Waals surface area (Å²) in [5.74, 6) is -1.84. The first-order valence-electron chi connectivity index (χ1n) is 13.8. The fourth-order valence-corrected chi connectivity index (χ4v) is 7.18. The molecule has 0 fully saturated rings. The maximum atomic E-state index is 13.6. The van der Waals surface area contributed by atoms with E-state index in [0.29, 0.717) is 17.4 Å². The fourth-order valence-electron chi connectivity index (χ4n) is 4.42. The van der Waals surface area contributed by atoms with E-state index < -0.39 is 33.3 Å². The number of rotatable bonds is 11. The van der Waals surface area contributed by atoms with Crippen LogP contribution >= 0.6 is 69.5 Å². The fraction of sp³-hybridized carbons (Fsp3) is 0.0909. The number of hydrogen-bond acceptors (Lipinski definition) is 7. The van der Waals surface area contributed by atoms with Crippen molar-refractivity contribution in [2.45, 2.75) is 17.1 Å². The summed E-state index contributed by atoms with van der Waals surface area (Å²) < 4.78 is 5.51. The quantitative estimate of drug-likeness (QED) is 0.0700. The third-order valence-electron chi connectivity index (χ3n) is 6.61. The minimum atomic E-state index is -1.50. The van der Waals surface area contributed by atoms with Gasteiger partial charge in [-0.25, -0.2) is 9.78 Å². The Hall–Kier alpha value is -3.77. The first-order chi connectivity index (χ1) is 22.6. The normalized spacial score (nSPS) is 11.5. The molecule has 0 radical (unpaired) electrons. The van der Waals surface area contributed by atoms with Crippen LogP contribution in [0.2, 0.25) is 20.1 Å². The van der Waals surface area contributed by atoms with Crippen LogP contribution < -0.4 is 15.4 Å². The van der Waals surface area contributed by atoms with Crippen LogP contribution in [0.5, 0.6) is 5.75 Å². The number of aromatic nitrogens is 1. The lowest BCUT2D eigenvalue weighted by atomic mass is 10.1. The van der Waals surface area contributed by atoms with Crippen molar-refractivity contribution in [1.82, 2.24) is 4.98 Å². The van der Waals surface area contributed by atoms with Gasteiger partial charge >= 0.3 is 5.97 Å². The first-order valence-corrected chi connectivity index (χ1v) is 17.1. The smallest absolute Gasteiger partial charge is 0.338 e. The molecule has 5 aromatic rings. The second kappa shape index (κ2) is 15.4. The number of carboxylic acid groups (broad SMARTS) is 1. The molecule has 1 aromatic heterocycles. The molecule has 0 saturated heterocycles. The van der Waals surface area contributed by atoms with Crippen molar-refractivity contribution in [2.24, 2.45) is 0 Å². The number of thiazole rings is 1. The van der Waals surface area contributed by atoms with Crippen molar-refractivity contribution in [3.63, 3.8) is 0 Å². The van der Waals surface area contributed by atoms with Crippen molar-refractivity contribution in [3.8, 4) is 17.0 Å². The van der Waals surface area contributed by atoms with Gasteiger partial charge in [0.05, 0.1) is 43.5 Å². The van der Waals surface area contributed by atoms with Gasteiger partial charge in [0, 0.05) is 21.5 Å². The van der Waals surface area contributed by atoms with Gasteiger partial charge < -0.3 is 20.5 Å². The average Bonchev–Trinajstić information content (AvgIpc) is 3.53. The van der Waals surface area contributed by atoms with Gasteiger partial charge in [-0.15, -0.1) is 23.1 Å². The molecule has 1 unspecified atom stereocenters. The molecule has 0 saturated carbocycles. The number of ether oxygens (including phenoxy) is 1. The van der Waals surface area contributed by atoms with Gasteiger partial charge in [0.2, 0.25) is 5.91 Å². The Bertz CT molecular complexity index is 1940. The number of nitrogens with zero attached hydrogens (tertiary/aromatic N) is 1. The predicted molar refractivity (Wildman–Crippen MR) is 190 cm³/mol. The van der Waals surface area contributed by atoms with E-state index in [1.165, 1.54) is 23.1 Å². The molecule has 47 heavy (non-hydrogen) atoms. The van der Waals surface area contributed by atoms with Crippen molar-refractivity contribution in [2.75, 3.05) is 17.2 Å². The van der Waals surface area contributed by atoms with Gasteiger partial charge in [0.15, 0.2) is 5.13 Å². The molecule has 5 rings (SSSR count). The molecule has 4 aromatic carbocycles. The van der Waals surface area contributed by atoms with Crippen LogP contribution in [0.15, 0.2) is 89.1 Å². The van der Waals surface area contributed by atoms with Crippen molar-refractivity contribution < 1.29 is 24.2 Å². The predicted octanol–water partition coefficient (Wildman–Crippen LogP) is 10.2. The number of carboxylic acids is 1. The Kier molecular flexibility index (Phi) is 11.3. The highest BCUT2D eigenvalue weighted by Gasteiger charge is 2.29. The molecule has 2 amide bonds. The zero-order valence-corrected chi connectivity index (χ0v) is 28.9. The van der Waals surface area contributed by atoms with E-state index in [-0.39, 0.29) is 21.0 Å². The van der Waals surface area contributed by atoms with E-state index >= 15 is 0 Å². The highest BCUT2D eigenvalue weighted by Crippen LogP contribution is 2.42. The Balaban J connectivity index is 1.32. The highest BCUT2D eigenvalue weighted by molar-refractivity contribution is 8.00. The largest absolute Gasteiger partial charge is 0.494 e. The molecule has 1 atom stereocenters. The highest BCUT2D eigenvalue weighted by atomic mass is 35.5. The van der Waals surface area contributed by atoms with Crippen LogP contribution in [0, 0.1) is 0 Å². The van der Waals surface area contributed by atoms with Crippen LogP contribution in [0.25, 0.3) is 11.3 Å². The Morgan fingerprint density at radius 2 is 1.49 bits per heavy atom. The zero-order chi connectivity index (χ0) is 33.7. The van der Waals surface area contributed by atoms with Gasteiger partial charge in [0.1, 0.15) is 11.0 Å². The Morgan fingerprint density at radius 3 is 2.11 bits per heavy atom. The lowest BCUT2D eigenvalue weighted by Gasteiger charge is -2.17. The van der Waals surface area contributed by atoms with Crippen molar-refractivity contribution >= 4 is 98.1 Å². The molecule has 0 aliphatic rings. The summed E-state index contributed by atoms with van der Waals surface area (Å²) in [5.41, 5.74) is 1.75. The monoisotopic (exact) mass is 745 g/mol. The maximum absolute atomic E-state index is 13.6. The number of amides is 2. The molecule has 0 aliphatic carbocycles. The molecule has 14 heteroatoms. The topological polar surface area (TPSA) is 118 Å². The van der Waals surface area contributed by atoms with Gasteiger partial charge in [-0.1, -0.05) is 76.7 Å². The molecule has 8 nitrogen and oxygen atoms in total. The summed E-state index contributed by atoms with van der Waals surface area (Å²) in [4.78, 5) is 44.0. The zero-order valence-electron chi connectivity index (χ0n) is 24.2. The van der Waals surface area contributed by atoms with Crippen LogP contribution in [0.3, 0.4) is 0 Å². The lowest BCUT2D eigenvalue weighted by Crippen LogP contribution is -2.19. The lowest BCUT2D eigenvalue weighted by molar-refractivity contribution is -0.115. The minimum Gasteiger partial charge on any atom is -0.494 e. The number of carbonyl (C=O) groups excluding carboxylic acids is 2. The maximum Gasteiger partial charge on any atom is 0.338 e. The molecular formula is C33H23Cl4N3O5S2. The summed E-state index contributed by atoms with van der Waals surface area (Å²) in [5, 5.41) is 15.7. The molecule has 1 heterocycles. The van der Waals surface area contributed by atoms with E-state index in [4.69, 9.17) is 51.1 Å². The SMILES string of the molecule is CCOc1ccc(-c2csc(NC(=O)C(Sc3ccc(NC(=O)c4c(Cl)c(Cl)c(Cl)c(Cl)c4C(=O)O)cc3)c3ccccc3)n2)cc1. The summed E-state index contributed by atoms with van der Waals surface area (Å²) >= 11 is 27.0. The van der Waals surface area contributed by atoms with E-state index in [9.17, 15) is 19.5 Å². The third kappa shape index (κ3) is 8.03. The minimum absolute atomic E-state index is 0.240. The van der Waals surface area contributed by atoms with Gasteiger partial charge in [-0.3, -0.25) is 9.59 Å².